The Morgan fingerprint density at radius 2 is 2.00 bits per heavy atom. The van der Waals surface area contributed by atoms with E-state index in [4.69, 9.17) is 4.74 Å². The van der Waals surface area contributed by atoms with Gasteiger partial charge in [0, 0.05) is 5.70 Å². The zero-order chi connectivity index (χ0) is 16.7. The Balaban J connectivity index is 1.93. The number of esters is 1. The van der Waals surface area contributed by atoms with Gasteiger partial charge in [0.2, 0.25) is 5.95 Å². The fourth-order valence-electron chi connectivity index (χ4n) is 3.07. The van der Waals surface area contributed by atoms with Gasteiger partial charge < -0.3 is 10.1 Å². The lowest BCUT2D eigenvalue weighted by atomic mass is 9.94. The third kappa shape index (κ3) is 2.13. The standard InChI is InChI=1S/C17H15N5O2/c1-10-14(16(23)24-2)15(22-17(18-10)19-20-21-22)13-8-7-11-5-3-4-6-12(11)9-13/h3-9,15H,1-2H3,(H,18,19,21). The van der Waals surface area contributed by atoms with E-state index >= 15 is 0 Å². The molecule has 7 heteroatoms. The first kappa shape index (κ1) is 14.4. The van der Waals surface area contributed by atoms with Gasteiger partial charge in [-0.15, -0.1) is 0 Å². The van der Waals surface area contributed by atoms with E-state index in [0.717, 1.165) is 16.3 Å². The molecule has 1 atom stereocenters. The fraction of sp³-hybridized carbons (Fsp3) is 0.176. The number of anilines is 1. The number of methoxy groups -OCH3 is 1. The number of benzene rings is 2. The molecule has 1 unspecified atom stereocenters. The average Bonchev–Trinajstić information content (AvgIpc) is 3.07. The highest BCUT2D eigenvalue weighted by Crippen LogP contribution is 2.35. The Hall–Kier alpha value is -3.22. The molecule has 0 saturated heterocycles. The van der Waals surface area contributed by atoms with Crippen molar-refractivity contribution in [1.29, 1.82) is 0 Å². The van der Waals surface area contributed by atoms with Gasteiger partial charge in [-0.25, -0.2) is 4.79 Å². The highest BCUT2D eigenvalue weighted by Gasteiger charge is 2.34. The molecule has 3 aromatic rings. The lowest BCUT2D eigenvalue weighted by molar-refractivity contribution is -0.136. The Labute approximate surface area is 137 Å². The van der Waals surface area contributed by atoms with Crippen LogP contribution in [0.2, 0.25) is 0 Å². The summed E-state index contributed by atoms with van der Waals surface area (Å²) >= 11 is 0. The molecule has 120 valence electrons. The minimum absolute atomic E-state index is 0.403. The topological polar surface area (TPSA) is 81.9 Å². The molecule has 0 radical (unpaired) electrons. The van der Waals surface area contributed by atoms with Crippen molar-refractivity contribution >= 4 is 22.7 Å². The van der Waals surface area contributed by atoms with E-state index in [9.17, 15) is 4.79 Å². The summed E-state index contributed by atoms with van der Waals surface area (Å²) < 4.78 is 6.57. The number of nitrogens with zero attached hydrogens (tertiary/aromatic N) is 4. The molecule has 7 nitrogen and oxygen atoms in total. The smallest absolute Gasteiger partial charge is 0.338 e. The van der Waals surface area contributed by atoms with Crippen molar-refractivity contribution in [2.24, 2.45) is 0 Å². The summed E-state index contributed by atoms with van der Waals surface area (Å²) in [4.78, 5) is 12.4. The first-order chi connectivity index (χ1) is 11.7. The van der Waals surface area contributed by atoms with Crippen molar-refractivity contribution in [1.82, 2.24) is 20.2 Å². The molecule has 0 amide bonds. The average molecular weight is 321 g/mol. The van der Waals surface area contributed by atoms with Crippen LogP contribution in [0, 0.1) is 0 Å². The number of ether oxygens (including phenoxy) is 1. The molecule has 0 saturated carbocycles. The van der Waals surface area contributed by atoms with Gasteiger partial charge in [-0.2, -0.15) is 4.68 Å². The minimum atomic E-state index is -0.437. The lowest BCUT2D eigenvalue weighted by Gasteiger charge is -2.27. The number of carbonyl (C=O) groups excluding carboxylic acids is 1. The second-order valence-electron chi connectivity index (χ2n) is 5.61. The van der Waals surface area contributed by atoms with Gasteiger partial charge in [-0.05, 0) is 39.8 Å². The van der Waals surface area contributed by atoms with Crippen molar-refractivity contribution in [3.8, 4) is 0 Å². The lowest BCUT2D eigenvalue weighted by Crippen LogP contribution is -2.29. The summed E-state index contributed by atoms with van der Waals surface area (Å²) in [5, 5.41) is 17.0. The number of fused-ring (bicyclic) bond motifs is 2. The summed E-state index contributed by atoms with van der Waals surface area (Å²) in [6.07, 6.45) is 0. The number of carbonyl (C=O) groups is 1. The van der Waals surface area contributed by atoms with E-state index in [1.165, 1.54) is 7.11 Å². The molecule has 2 heterocycles. The molecule has 1 aliphatic heterocycles. The van der Waals surface area contributed by atoms with E-state index < -0.39 is 12.0 Å². The Morgan fingerprint density at radius 1 is 1.21 bits per heavy atom. The summed E-state index contributed by atoms with van der Waals surface area (Å²) in [7, 11) is 1.37. The van der Waals surface area contributed by atoms with E-state index in [2.05, 4.69) is 20.8 Å². The first-order valence-electron chi connectivity index (χ1n) is 7.51. The van der Waals surface area contributed by atoms with E-state index in [1.807, 2.05) is 49.4 Å². The largest absolute Gasteiger partial charge is 0.466 e. The second-order valence-corrected chi connectivity index (χ2v) is 5.61. The summed E-state index contributed by atoms with van der Waals surface area (Å²) in [6.45, 7) is 1.82. The number of rotatable bonds is 2. The van der Waals surface area contributed by atoms with Crippen molar-refractivity contribution in [3.63, 3.8) is 0 Å². The maximum atomic E-state index is 12.4. The number of hydrogen-bond donors (Lipinski definition) is 1. The highest BCUT2D eigenvalue weighted by molar-refractivity contribution is 5.93. The first-order valence-corrected chi connectivity index (χ1v) is 7.51. The normalized spacial score (nSPS) is 16.7. The van der Waals surface area contributed by atoms with Crippen LogP contribution in [0.15, 0.2) is 53.7 Å². The number of nitrogens with one attached hydrogen (secondary N) is 1. The SMILES string of the molecule is COC(=O)C1=C(C)Nc2nnnn2C1c1ccc2ccccc2c1. The third-order valence-corrected chi connectivity index (χ3v) is 4.21. The van der Waals surface area contributed by atoms with Gasteiger partial charge in [0.15, 0.2) is 0 Å². The van der Waals surface area contributed by atoms with Crippen LogP contribution in [0.25, 0.3) is 10.8 Å². The van der Waals surface area contributed by atoms with E-state index in [1.54, 1.807) is 4.68 Å². The maximum Gasteiger partial charge on any atom is 0.338 e. The van der Waals surface area contributed by atoms with Gasteiger partial charge in [0.1, 0.15) is 6.04 Å². The van der Waals surface area contributed by atoms with Crippen LogP contribution in [-0.2, 0) is 9.53 Å². The van der Waals surface area contributed by atoms with Gasteiger partial charge in [0.25, 0.3) is 0 Å². The summed E-state index contributed by atoms with van der Waals surface area (Å²) in [5.41, 5.74) is 2.10. The molecule has 24 heavy (non-hydrogen) atoms. The van der Waals surface area contributed by atoms with Gasteiger partial charge in [-0.1, -0.05) is 41.5 Å². The monoisotopic (exact) mass is 321 g/mol. The second kappa shape index (κ2) is 5.45. The van der Waals surface area contributed by atoms with Gasteiger partial charge in [0.05, 0.1) is 12.7 Å². The van der Waals surface area contributed by atoms with Crippen molar-refractivity contribution in [2.75, 3.05) is 12.4 Å². The summed E-state index contributed by atoms with van der Waals surface area (Å²) in [5.74, 6) is 0.0950. The van der Waals surface area contributed by atoms with Crippen molar-refractivity contribution in [2.45, 2.75) is 13.0 Å². The van der Waals surface area contributed by atoms with Crippen LogP contribution in [0.3, 0.4) is 0 Å². The Bertz CT molecular complexity index is 976. The van der Waals surface area contributed by atoms with Crippen LogP contribution in [0.1, 0.15) is 18.5 Å². The Kier molecular flexibility index (Phi) is 3.26. The van der Waals surface area contributed by atoms with Crippen LogP contribution in [0.5, 0.6) is 0 Å². The van der Waals surface area contributed by atoms with E-state index in [0.29, 0.717) is 17.2 Å². The molecule has 0 aliphatic carbocycles. The zero-order valence-electron chi connectivity index (χ0n) is 13.2. The zero-order valence-corrected chi connectivity index (χ0v) is 13.2. The molecular formula is C17H15N5O2. The number of allylic oxidation sites excluding steroid dienone is 1. The van der Waals surface area contributed by atoms with Crippen LogP contribution >= 0.6 is 0 Å². The molecule has 0 bridgehead atoms. The number of aromatic nitrogens is 4. The third-order valence-electron chi connectivity index (χ3n) is 4.21. The highest BCUT2D eigenvalue weighted by atomic mass is 16.5. The van der Waals surface area contributed by atoms with Crippen LogP contribution in [-0.4, -0.2) is 33.3 Å². The molecule has 1 aromatic heterocycles. The molecule has 0 fully saturated rings. The van der Waals surface area contributed by atoms with Crippen LogP contribution in [0.4, 0.5) is 5.95 Å². The van der Waals surface area contributed by atoms with Crippen molar-refractivity contribution in [3.05, 3.63) is 59.3 Å². The molecule has 2 aromatic carbocycles. The molecule has 0 spiro atoms. The van der Waals surface area contributed by atoms with Gasteiger partial charge in [-0.3, -0.25) is 0 Å². The van der Waals surface area contributed by atoms with Crippen molar-refractivity contribution < 1.29 is 9.53 Å². The predicted molar refractivity (Wildman–Crippen MR) is 88.2 cm³/mol. The molecule has 4 rings (SSSR count). The number of tetrazole rings is 1. The van der Waals surface area contributed by atoms with Gasteiger partial charge >= 0.3 is 5.97 Å². The molecular weight excluding hydrogens is 306 g/mol. The Morgan fingerprint density at radius 3 is 2.79 bits per heavy atom. The minimum Gasteiger partial charge on any atom is -0.466 e. The maximum absolute atomic E-state index is 12.4. The molecule has 1 N–H and O–H groups in total. The van der Waals surface area contributed by atoms with Crippen LogP contribution < -0.4 is 5.32 Å². The quantitative estimate of drug-likeness (QED) is 0.729. The fourth-order valence-corrected chi connectivity index (χ4v) is 3.07. The molecule has 1 aliphatic rings. The summed E-state index contributed by atoms with van der Waals surface area (Å²) in [6, 6.07) is 13.7. The predicted octanol–water partition coefficient (Wildman–Crippen LogP) is 2.29. The van der Waals surface area contributed by atoms with E-state index in [-0.39, 0.29) is 0 Å². The number of hydrogen-bond acceptors (Lipinski definition) is 6.